The topological polar surface area (TPSA) is 98.1 Å². The quantitative estimate of drug-likeness (QED) is 0.642. The summed E-state index contributed by atoms with van der Waals surface area (Å²) in [5, 5.41) is 11.7. The van der Waals surface area contributed by atoms with Gasteiger partial charge < -0.3 is 10.1 Å². The van der Waals surface area contributed by atoms with Gasteiger partial charge in [-0.05, 0) is 24.5 Å². The lowest BCUT2D eigenvalue weighted by atomic mass is 10.0. The van der Waals surface area contributed by atoms with Gasteiger partial charge in [0, 0.05) is 6.20 Å². The number of carbonyl (C=O) groups excluding carboxylic acids is 1. The van der Waals surface area contributed by atoms with E-state index in [4.69, 9.17) is 4.74 Å². The third-order valence-corrected chi connectivity index (χ3v) is 5.10. The number of aromatic nitrogens is 5. The predicted octanol–water partition coefficient (Wildman–Crippen LogP) is 3.27. The number of nitrogens with zero attached hydrogens (tertiary/aromatic N) is 6. The highest BCUT2D eigenvalue weighted by Gasteiger charge is 2.37. The first-order valence-corrected chi connectivity index (χ1v) is 10.0. The molecule has 0 saturated carbocycles. The van der Waals surface area contributed by atoms with Gasteiger partial charge in [0.15, 0.2) is 0 Å². The van der Waals surface area contributed by atoms with Crippen molar-refractivity contribution in [2.45, 2.75) is 39.4 Å². The Morgan fingerprint density at radius 3 is 2.77 bits per heavy atom. The molecule has 9 heteroatoms. The summed E-state index contributed by atoms with van der Waals surface area (Å²) in [4.78, 5) is 22.6. The predicted molar refractivity (Wildman–Crippen MR) is 112 cm³/mol. The molecule has 0 radical (unpaired) electrons. The number of carbonyl (C=O) groups is 1. The van der Waals surface area contributed by atoms with E-state index in [0.29, 0.717) is 24.9 Å². The number of amides is 1. The molecule has 30 heavy (non-hydrogen) atoms. The maximum atomic E-state index is 12.2. The Morgan fingerprint density at radius 1 is 1.20 bits per heavy atom. The molecule has 2 atom stereocenters. The summed E-state index contributed by atoms with van der Waals surface area (Å²) in [7, 11) is 0. The Kier molecular flexibility index (Phi) is 5.60. The van der Waals surface area contributed by atoms with Gasteiger partial charge in [-0.25, -0.2) is 14.5 Å². The first-order valence-electron chi connectivity index (χ1n) is 10.0. The van der Waals surface area contributed by atoms with E-state index in [2.05, 4.69) is 51.6 Å². The van der Waals surface area contributed by atoms with E-state index in [1.165, 1.54) is 0 Å². The van der Waals surface area contributed by atoms with Crippen LogP contribution in [0.15, 0.2) is 48.8 Å². The molecule has 3 aromatic rings. The van der Waals surface area contributed by atoms with Crippen LogP contribution < -0.4 is 10.2 Å². The Morgan fingerprint density at radius 2 is 2.00 bits per heavy atom. The van der Waals surface area contributed by atoms with Crippen LogP contribution in [0.2, 0.25) is 0 Å². The minimum atomic E-state index is -0.379. The number of cyclic esters (lactones) is 1. The standard InChI is InChI=1S/C21H25N7O2/c1-14(2)18-13-30-21(29)28(18)19-9-10-22-20(24-19)23-15(3)17-12-27(26-25-17)11-16-7-5-4-6-8-16/h4-10,12,14-15,18H,11,13H2,1-3H3,(H,22,23,24)/t15-,18+/m0/s1. The highest BCUT2D eigenvalue weighted by atomic mass is 16.6. The van der Waals surface area contributed by atoms with Gasteiger partial charge in [-0.1, -0.05) is 49.4 Å². The first kappa shape index (κ1) is 19.8. The van der Waals surface area contributed by atoms with Crippen LogP contribution in [0.5, 0.6) is 0 Å². The van der Waals surface area contributed by atoms with E-state index >= 15 is 0 Å². The molecule has 0 bridgehead atoms. The maximum Gasteiger partial charge on any atom is 0.415 e. The molecule has 1 aliphatic rings. The molecule has 3 heterocycles. The zero-order valence-electron chi connectivity index (χ0n) is 17.3. The Hall–Kier alpha value is -3.49. The Bertz CT molecular complexity index is 1010. The molecule has 9 nitrogen and oxygen atoms in total. The lowest BCUT2D eigenvalue weighted by Crippen LogP contribution is -2.37. The average Bonchev–Trinajstić information content (AvgIpc) is 3.36. The number of nitrogens with one attached hydrogen (secondary N) is 1. The molecule has 1 fully saturated rings. The lowest BCUT2D eigenvalue weighted by molar-refractivity contribution is 0.177. The second kappa shape index (κ2) is 8.48. The monoisotopic (exact) mass is 407 g/mol. The SMILES string of the molecule is CC(C)[C@H]1COC(=O)N1c1ccnc(N[C@@H](C)c2cn(Cc3ccccc3)nn2)n1. The average molecular weight is 407 g/mol. The molecule has 1 saturated heterocycles. The van der Waals surface area contributed by atoms with Crippen molar-refractivity contribution in [1.82, 2.24) is 25.0 Å². The van der Waals surface area contributed by atoms with E-state index in [9.17, 15) is 4.79 Å². The van der Waals surface area contributed by atoms with Gasteiger partial charge in [0.25, 0.3) is 0 Å². The van der Waals surface area contributed by atoms with Gasteiger partial charge in [0.1, 0.15) is 18.1 Å². The van der Waals surface area contributed by atoms with Crippen molar-refractivity contribution in [1.29, 1.82) is 0 Å². The van der Waals surface area contributed by atoms with E-state index < -0.39 is 0 Å². The van der Waals surface area contributed by atoms with Crippen molar-refractivity contribution >= 4 is 17.9 Å². The molecular formula is C21H25N7O2. The smallest absolute Gasteiger partial charge is 0.415 e. The summed E-state index contributed by atoms with van der Waals surface area (Å²) >= 11 is 0. The molecule has 1 N–H and O–H groups in total. The fourth-order valence-corrected chi connectivity index (χ4v) is 3.37. The van der Waals surface area contributed by atoms with Crippen LogP contribution in [-0.2, 0) is 11.3 Å². The number of hydrogen-bond donors (Lipinski definition) is 1. The van der Waals surface area contributed by atoms with Crippen LogP contribution >= 0.6 is 0 Å². The fourth-order valence-electron chi connectivity index (χ4n) is 3.37. The molecular weight excluding hydrogens is 382 g/mol. The molecule has 0 unspecified atom stereocenters. The normalized spacial score (nSPS) is 17.3. The molecule has 4 rings (SSSR count). The lowest BCUT2D eigenvalue weighted by Gasteiger charge is -2.23. The second-order valence-electron chi connectivity index (χ2n) is 7.69. The van der Waals surface area contributed by atoms with E-state index in [1.54, 1.807) is 21.8 Å². The van der Waals surface area contributed by atoms with Gasteiger partial charge >= 0.3 is 6.09 Å². The largest absolute Gasteiger partial charge is 0.447 e. The van der Waals surface area contributed by atoms with Crippen LogP contribution in [0.4, 0.5) is 16.6 Å². The van der Waals surface area contributed by atoms with Crippen molar-refractivity contribution in [3.63, 3.8) is 0 Å². The summed E-state index contributed by atoms with van der Waals surface area (Å²) in [6, 6.07) is 11.6. The molecule has 1 amide bonds. The third-order valence-electron chi connectivity index (χ3n) is 5.10. The summed E-state index contributed by atoms with van der Waals surface area (Å²) in [5.41, 5.74) is 1.93. The van der Waals surface area contributed by atoms with Crippen molar-refractivity contribution in [3.8, 4) is 0 Å². The second-order valence-corrected chi connectivity index (χ2v) is 7.69. The van der Waals surface area contributed by atoms with Gasteiger partial charge in [-0.15, -0.1) is 5.10 Å². The van der Waals surface area contributed by atoms with Crippen LogP contribution in [0.3, 0.4) is 0 Å². The Balaban J connectivity index is 1.46. The summed E-state index contributed by atoms with van der Waals surface area (Å²) in [5.74, 6) is 1.19. The van der Waals surface area contributed by atoms with Gasteiger partial charge in [-0.3, -0.25) is 4.90 Å². The highest BCUT2D eigenvalue weighted by Crippen LogP contribution is 2.26. The van der Waals surface area contributed by atoms with Gasteiger partial charge in [0.05, 0.1) is 24.8 Å². The zero-order chi connectivity index (χ0) is 21.1. The van der Waals surface area contributed by atoms with Crippen molar-refractivity contribution < 1.29 is 9.53 Å². The van der Waals surface area contributed by atoms with E-state index in [1.807, 2.05) is 31.3 Å². The highest BCUT2D eigenvalue weighted by molar-refractivity contribution is 5.89. The van der Waals surface area contributed by atoms with Crippen molar-refractivity contribution in [2.24, 2.45) is 5.92 Å². The fraction of sp³-hybridized carbons (Fsp3) is 0.381. The first-order chi connectivity index (χ1) is 14.5. The minimum Gasteiger partial charge on any atom is -0.447 e. The van der Waals surface area contributed by atoms with Crippen LogP contribution in [0, 0.1) is 5.92 Å². The zero-order valence-corrected chi connectivity index (χ0v) is 17.3. The van der Waals surface area contributed by atoms with Crippen molar-refractivity contribution in [2.75, 3.05) is 16.8 Å². The van der Waals surface area contributed by atoms with Gasteiger partial charge in [0.2, 0.25) is 5.95 Å². The molecule has 2 aromatic heterocycles. The van der Waals surface area contributed by atoms with E-state index in [0.717, 1.165) is 11.3 Å². The molecule has 1 aliphatic heterocycles. The number of rotatable bonds is 7. The minimum absolute atomic E-state index is 0.0458. The van der Waals surface area contributed by atoms with Crippen LogP contribution in [0.25, 0.3) is 0 Å². The summed E-state index contributed by atoms with van der Waals surface area (Å²) in [6.07, 6.45) is 3.16. The van der Waals surface area contributed by atoms with Crippen molar-refractivity contribution in [3.05, 3.63) is 60.0 Å². The molecule has 0 spiro atoms. The molecule has 0 aliphatic carbocycles. The Labute approximate surface area is 175 Å². The summed E-state index contributed by atoms with van der Waals surface area (Å²) < 4.78 is 7.02. The number of hydrogen-bond acceptors (Lipinski definition) is 7. The van der Waals surface area contributed by atoms with E-state index in [-0.39, 0.29) is 24.1 Å². The number of ether oxygens (including phenoxy) is 1. The van der Waals surface area contributed by atoms with Crippen LogP contribution in [0.1, 0.15) is 38.1 Å². The number of benzene rings is 1. The molecule has 1 aromatic carbocycles. The number of anilines is 2. The van der Waals surface area contributed by atoms with Crippen LogP contribution in [-0.4, -0.2) is 43.7 Å². The maximum absolute atomic E-state index is 12.2. The molecule has 156 valence electrons. The van der Waals surface area contributed by atoms with Gasteiger partial charge in [-0.2, -0.15) is 4.98 Å². The third kappa shape index (κ3) is 4.24. The summed E-state index contributed by atoms with van der Waals surface area (Å²) in [6.45, 7) is 7.10.